The van der Waals surface area contributed by atoms with Crippen molar-refractivity contribution in [3.05, 3.63) is 71.4 Å². The van der Waals surface area contributed by atoms with E-state index < -0.39 is 12.0 Å². The number of amides is 4. The van der Waals surface area contributed by atoms with Crippen molar-refractivity contribution in [1.29, 1.82) is 0 Å². The molecule has 1 fully saturated rings. The zero-order chi connectivity index (χ0) is 29.2. The summed E-state index contributed by atoms with van der Waals surface area (Å²) < 4.78 is 11.6. The van der Waals surface area contributed by atoms with Crippen molar-refractivity contribution in [3.8, 4) is 11.5 Å². The van der Waals surface area contributed by atoms with E-state index in [9.17, 15) is 14.4 Å². The predicted octanol–water partition coefficient (Wildman–Crippen LogP) is 4.51. The van der Waals surface area contributed by atoms with E-state index in [1.807, 2.05) is 73.3 Å². The Balaban J connectivity index is 1.64. The topological polar surface area (TPSA) is 103 Å². The standard InChI is InChI=1S/C31H41N5O5/c1-4-16-32-30(38)35-18-11-17-34(19-20-35)22-26-27(29(37)40-6-3)28(33-31(39)36(26)5-2)23-12-10-15-25(21-23)41-24-13-8-7-9-14-24/h7-10,12-15,21,28H,4-6,11,16-20,22H2,1-3H3,(H,32,38)(H,33,39). The van der Waals surface area contributed by atoms with Crippen LogP contribution >= 0.6 is 0 Å². The number of ether oxygens (including phenoxy) is 2. The van der Waals surface area contributed by atoms with Crippen molar-refractivity contribution in [2.75, 3.05) is 52.4 Å². The minimum Gasteiger partial charge on any atom is -0.463 e. The first-order valence-corrected chi connectivity index (χ1v) is 14.5. The highest BCUT2D eigenvalue weighted by Gasteiger charge is 2.38. The molecule has 220 valence electrons. The third-order valence-electron chi connectivity index (χ3n) is 7.20. The summed E-state index contributed by atoms with van der Waals surface area (Å²) >= 11 is 0. The molecule has 0 saturated carbocycles. The maximum Gasteiger partial charge on any atom is 0.338 e. The average molecular weight is 564 g/mol. The van der Waals surface area contributed by atoms with Gasteiger partial charge in [-0.3, -0.25) is 9.80 Å². The summed E-state index contributed by atoms with van der Waals surface area (Å²) in [4.78, 5) is 45.1. The Bertz CT molecular complexity index is 1230. The molecule has 2 N–H and O–H groups in total. The third kappa shape index (κ3) is 7.58. The Morgan fingerprint density at radius 3 is 2.49 bits per heavy atom. The van der Waals surface area contributed by atoms with Gasteiger partial charge in [-0.15, -0.1) is 0 Å². The lowest BCUT2D eigenvalue weighted by Crippen LogP contribution is -2.51. The Morgan fingerprint density at radius 1 is 0.976 bits per heavy atom. The number of likely N-dealkylation sites (N-methyl/N-ethyl adjacent to an activating group) is 1. The van der Waals surface area contributed by atoms with E-state index in [-0.39, 0.29) is 18.7 Å². The quantitative estimate of drug-likeness (QED) is 0.413. The lowest BCUT2D eigenvalue weighted by atomic mass is 9.94. The molecule has 2 heterocycles. The molecule has 41 heavy (non-hydrogen) atoms. The summed E-state index contributed by atoms with van der Waals surface area (Å²) in [6.07, 6.45) is 1.68. The van der Waals surface area contributed by atoms with Crippen LogP contribution in [-0.4, -0.2) is 85.2 Å². The van der Waals surface area contributed by atoms with Crippen molar-refractivity contribution in [2.24, 2.45) is 0 Å². The molecular formula is C31H41N5O5. The van der Waals surface area contributed by atoms with E-state index in [1.165, 1.54) is 0 Å². The molecular weight excluding hydrogens is 522 g/mol. The van der Waals surface area contributed by atoms with Crippen LogP contribution < -0.4 is 15.4 Å². The Hall–Kier alpha value is -4.05. The van der Waals surface area contributed by atoms with E-state index in [0.717, 1.165) is 24.9 Å². The van der Waals surface area contributed by atoms with Gasteiger partial charge in [0.1, 0.15) is 11.5 Å². The Kier molecular flexibility index (Phi) is 10.6. The smallest absolute Gasteiger partial charge is 0.338 e. The molecule has 0 bridgehead atoms. The Labute approximate surface area is 242 Å². The molecule has 4 rings (SSSR count). The van der Waals surface area contributed by atoms with Gasteiger partial charge in [-0.1, -0.05) is 37.3 Å². The summed E-state index contributed by atoms with van der Waals surface area (Å²) in [5.41, 5.74) is 1.75. The van der Waals surface area contributed by atoms with Crippen LogP contribution in [-0.2, 0) is 9.53 Å². The number of esters is 1. The minimum atomic E-state index is -0.707. The predicted molar refractivity (Wildman–Crippen MR) is 157 cm³/mol. The number of urea groups is 2. The number of para-hydroxylation sites is 1. The third-order valence-corrected chi connectivity index (χ3v) is 7.20. The molecule has 10 heteroatoms. The number of nitrogens with zero attached hydrogens (tertiary/aromatic N) is 3. The monoisotopic (exact) mass is 563 g/mol. The summed E-state index contributed by atoms with van der Waals surface area (Å²) in [5.74, 6) is 0.824. The summed E-state index contributed by atoms with van der Waals surface area (Å²) in [5, 5.41) is 5.98. The maximum absolute atomic E-state index is 13.5. The van der Waals surface area contributed by atoms with Gasteiger partial charge in [-0.25, -0.2) is 14.4 Å². The van der Waals surface area contributed by atoms with Crippen LogP contribution in [0.25, 0.3) is 0 Å². The first-order valence-electron chi connectivity index (χ1n) is 14.5. The molecule has 2 aromatic rings. The molecule has 4 amide bonds. The van der Waals surface area contributed by atoms with E-state index in [2.05, 4.69) is 15.5 Å². The van der Waals surface area contributed by atoms with Gasteiger partial charge in [-0.2, -0.15) is 0 Å². The summed E-state index contributed by atoms with van der Waals surface area (Å²) in [7, 11) is 0. The number of carbonyl (C=O) groups excluding carboxylic acids is 3. The second-order valence-corrected chi connectivity index (χ2v) is 10.0. The highest BCUT2D eigenvalue weighted by Crippen LogP contribution is 2.34. The molecule has 2 aromatic carbocycles. The lowest BCUT2D eigenvalue weighted by Gasteiger charge is -2.38. The number of carbonyl (C=O) groups is 3. The molecule has 2 aliphatic rings. The van der Waals surface area contributed by atoms with Gasteiger partial charge in [0, 0.05) is 51.5 Å². The second kappa shape index (κ2) is 14.5. The van der Waals surface area contributed by atoms with Gasteiger partial charge in [0.2, 0.25) is 0 Å². The van der Waals surface area contributed by atoms with E-state index in [4.69, 9.17) is 9.47 Å². The van der Waals surface area contributed by atoms with E-state index in [1.54, 1.807) is 11.8 Å². The van der Waals surface area contributed by atoms with E-state index in [0.29, 0.717) is 62.0 Å². The van der Waals surface area contributed by atoms with Crippen LogP contribution in [0.4, 0.5) is 9.59 Å². The number of rotatable bonds is 10. The van der Waals surface area contributed by atoms with Crippen LogP contribution in [0.3, 0.4) is 0 Å². The lowest BCUT2D eigenvalue weighted by molar-refractivity contribution is -0.139. The first-order chi connectivity index (χ1) is 19.9. The molecule has 0 spiro atoms. The van der Waals surface area contributed by atoms with Crippen molar-refractivity contribution in [1.82, 2.24) is 25.3 Å². The van der Waals surface area contributed by atoms with Crippen LogP contribution in [0.2, 0.25) is 0 Å². The first kappa shape index (κ1) is 29.9. The molecule has 1 unspecified atom stereocenters. The van der Waals surface area contributed by atoms with Gasteiger partial charge in [0.15, 0.2) is 0 Å². The zero-order valence-corrected chi connectivity index (χ0v) is 24.2. The highest BCUT2D eigenvalue weighted by molar-refractivity contribution is 5.95. The fourth-order valence-electron chi connectivity index (χ4n) is 5.18. The summed E-state index contributed by atoms with van der Waals surface area (Å²) in [6, 6.07) is 15.8. The van der Waals surface area contributed by atoms with Gasteiger partial charge < -0.3 is 25.0 Å². The fraction of sp³-hybridized carbons (Fsp3) is 0.452. The SMILES string of the molecule is CCCNC(=O)N1CCCN(CC2=C(C(=O)OCC)C(c3cccc(Oc4ccccc4)c3)NC(=O)N2CC)CC1. The minimum absolute atomic E-state index is 0.0509. The number of nitrogens with one attached hydrogen (secondary N) is 2. The van der Waals surface area contributed by atoms with Crippen molar-refractivity contribution >= 4 is 18.0 Å². The molecule has 1 saturated heterocycles. The van der Waals surface area contributed by atoms with E-state index >= 15 is 0 Å². The fourth-order valence-corrected chi connectivity index (χ4v) is 5.18. The van der Waals surface area contributed by atoms with Gasteiger partial charge in [0.25, 0.3) is 0 Å². The second-order valence-electron chi connectivity index (χ2n) is 10.0. The van der Waals surface area contributed by atoms with Gasteiger partial charge in [0.05, 0.1) is 18.2 Å². The molecule has 0 radical (unpaired) electrons. The van der Waals surface area contributed by atoms with Crippen LogP contribution in [0.1, 0.15) is 45.2 Å². The average Bonchev–Trinajstić information content (AvgIpc) is 3.22. The normalized spacial score (nSPS) is 18.0. The van der Waals surface area contributed by atoms with Crippen LogP contribution in [0, 0.1) is 0 Å². The van der Waals surface area contributed by atoms with Crippen LogP contribution in [0.5, 0.6) is 11.5 Å². The number of hydrogen-bond acceptors (Lipinski definition) is 6. The molecule has 0 aliphatic carbocycles. The van der Waals surface area contributed by atoms with Crippen molar-refractivity contribution < 1.29 is 23.9 Å². The number of benzene rings is 2. The van der Waals surface area contributed by atoms with Gasteiger partial charge in [-0.05, 0) is 56.5 Å². The van der Waals surface area contributed by atoms with Crippen molar-refractivity contribution in [3.63, 3.8) is 0 Å². The largest absolute Gasteiger partial charge is 0.463 e. The molecule has 1 atom stereocenters. The molecule has 2 aliphatic heterocycles. The Morgan fingerprint density at radius 2 is 1.76 bits per heavy atom. The summed E-state index contributed by atoms with van der Waals surface area (Å²) in [6.45, 7) is 9.92. The maximum atomic E-state index is 13.5. The molecule has 10 nitrogen and oxygen atoms in total. The van der Waals surface area contributed by atoms with Gasteiger partial charge >= 0.3 is 18.0 Å². The molecule has 0 aromatic heterocycles. The van der Waals surface area contributed by atoms with Crippen LogP contribution in [0.15, 0.2) is 65.9 Å². The number of hydrogen-bond donors (Lipinski definition) is 2. The van der Waals surface area contributed by atoms with Crippen molar-refractivity contribution in [2.45, 2.75) is 39.7 Å². The highest BCUT2D eigenvalue weighted by atomic mass is 16.5. The zero-order valence-electron chi connectivity index (χ0n) is 24.2.